The average Bonchev–Trinajstić information content (AvgIpc) is 2.65. The highest BCUT2D eigenvalue weighted by Gasteiger charge is 2.73. The van der Waals surface area contributed by atoms with E-state index < -0.39 is 39.5 Å². The van der Waals surface area contributed by atoms with Gasteiger partial charge in [0, 0.05) is 5.02 Å². The third-order valence-electron chi connectivity index (χ3n) is 3.50. The van der Waals surface area contributed by atoms with Gasteiger partial charge in [-0.15, -0.1) is 0 Å². The van der Waals surface area contributed by atoms with Gasteiger partial charge < -0.3 is 18.3 Å². The van der Waals surface area contributed by atoms with Crippen LogP contribution in [0.4, 0.5) is 13.2 Å². The largest absolute Gasteiger partial charge is 0.466 e. The van der Waals surface area contributed by atoms with Gasteiger partial charge in [-0.1, -0.05) is 11.6 Å². The van der Waals surface area contributed by atoms with Gasteiger partial charge in [-0.2, -0.15) is 17.9 Å². The first-order chi connectivity index (χ1) is 13.9. The lowest BCUT2D eigenvalue weighted by atomic mass is 10.3. The number of nitrogens with zero attached hydrogens (tertiary/aromatic N) is 1. The Morgan fingerprint density at radius 3 is 1.80 bits per heavy atom. The van der Waals surface area contributed by atoms with Crippen molar-refractivity contribution in [2.45, 2.75) is 36.7 Å². The van der Waals surface area contributed by atoms with E-state index in [0.29, 0.717) is 7.11 Å². The minimum absolute atomic E-state index is 0.0707. The summed E-state index contributed by atoms with van der Waals surface area (Å²) >= 11 is 5.70. The summed E-state index contributed by atoms with van der Waals surface area (Å²) in [5, 5.41) is 0.0707. The molecule has 1 rings (SSSR count). The highest BCUT2D eigenvalue weighted by Crippen LogP contribution is 2.58. The van der Waals surface area contributed by atoms with Crippen LogP contribution in [0.5, 0.6) is 0 Å². The van der Waals surface area contributed by atoms with Crippen LogP contribution in [0.15, 0.2) is 33.9 Å². The number of carbonyl (C=O) groups excluding carboxylic acids is 1. The minimum Gasteiger partial charge on any atom is -0.466 e. The summed E-state index contributed by atoms with van der Waals surface area (Å²) in [5.74, 6) is -2.19. The van der Waals surface area contributed by atoms with Crippen molar-refractivity contribution in [3.63, 3.8) is 0 Å². The second-order valence-corrected chi connectivity index (χ2v) is 9.83. The minimum atomic E-state index is -5.75. The molecule has 1 unspecified atom stereocenters. The van der Waals surface area contributed by atoms with Gasteiger partial charge >= 0.3 is 24.8 Å². The Morgan fingerprint density at radius 2 is 1.47 bits per heavy atom. The SMILES string of the molecule is CCOP(=NC(C(=O)OC)(C(F)(F)F)S(=O)(=O)c1ccc(Cl)cc1)(OCC)OCC. The molecule has 0 aliphatic rings. The quantitative estimate of drug-likeness (QED) is 0.345. The fraction of sp³-hybridized carbons (Fsp3) is 0.562. The Bertz CT molecular complexity index is 869. The Kier molecular flexibility index (Phi) is 9.34. The van der Waals surface area contributed by atoms with Crippen LogP contribution in [0, 0.1) is 0 Å². The molecule has 0 N–H and O–H groups in total. The summed E-state index contributed by atoms with van der Waals surface area (Å²) in [5.41, 5.74) is 0. The monoisotopic (exact) mass is 495 g/mol. The van der Waals surface area contributed by atoms with E-state index >= 15 is 0 Å². The van der Waals surface area contributed by atoms with Crippen LogP contribution >= 0.6 is 19.3 Å². The third kappa shape index (κ3) is 5.17. The molecule has 0 heterocycles. The predicted octanol–water partition coefficient (Wildman–Crippen LogP) is 4.60. The maximum atomic E-state index is 14.4. The van der Waals surface area contributed by atoms with Gasteiger partial charge in [-0.3, -0.25) is 0 Å². The van der Waals surface area contributed by atoms with Crippen molar-refractivity contribution in [2.75, 3.05) is 26.9 Å². The highest BCUT2D eigenvalue weighted by molar-refractivity contribution is 7.93. The maximum Gasteiger partial charge on any atom is 0.439 e. The molecule has 0 aromatic heterocycles. The van der Waals surface area contributed by atoms with E-state index in [9.17, 15) is 26.4 Å². The number of alkyl halides is 3. The van der Waals surface area contributed by atoms with Gasteiger partial charge in [-0.05, 0) is 45.0 Å². The molecule has 0 radical (unpaired) electrons. The predicted molar refractivity (Wildman–Crippen MR) is 104 cm³/mol. The lowest BCUT2D eigenvalue weighted by Gasteiger charge is -2.32. The zero-order chi connectivity index (χ0) is 23.2. The Morgan fingerprint density at radius 1 is 1.03 bits per heavy atom. The fourth-order valence-electron chi connectivity index (χ4n) is 2.31. The first-order valence-corrected chi connectivity index (χ1v) is 12.0. The number of methoxy groups -OCH3 is 1. The van der Waals surface area contributed by atoms with E-state index in [2.05, 4.69) is 9.48 Å². The van der Waals surface area contributed by atoms with Crippen molar-refractivity contribution in [1.29, 1.82) is 0 Å². The van der Waals surface area contributed by atoms with Crippen molar-refractivity contribution in [3.05, 3.63) is 29.3 Å². The molecule has 1 aromatic rings. The molecule has 1 atom stereocenters. The summed E-state index contributed by atoms with van der Waals surface area (Å²) in [4.78, 5) is 7.20. The van der Waals surface area contributed by atoms with Gasteiger partial charge in [0.05, 0.1) is 31.8 Å². The second kappa shape index (κ2) is 10.4. The molecule has 0 saturated heterocycles. The van der Waals surface area contributed by atoms with Crippen molar-refractivity contribution in [1.82, 2.24) is 0 Å². The Labute approximate surface area is 177 Å². The van der Waals surface area contributed by atoms with Crippen molar-refractivity contribution >= 4 is 35.1 Å². The molecule has 0 bridgehead atoms. The lowest BCUT2D eigenvalue weighted by molar-refractivity contribution is -0.185. The normalized spacial score (nSPS) is 14.8. The molecule has 0 saturated carbocycles. The van der Waals surface area contributed by atoms with Crippen LogP contribution in [-0.4, -0.2) is 52.4 Å². The van der Waals surface area contributed by atoms with Gasteiger partial charge in [0.25, 0.3) is 0 Å². The van der Waals surface area contributed by atoms with Crippen molar-refractivity contribution < 1.29 is 44.7 Å². The smallest absolute Gasteiger partial charge is 0.439 e. The molecule has 0 aliphatic heterocycles. The van der Waals surface area contributed by atoms with E-state index in [1.54, 1.807) is 0 Å². The van der Waals surface area contributed by atoms with Crippen LogP contribution in [-0.2, 0) is 32.9 Å². The van der Waals surface area contributed by atoms with Crippen molar-refractivity contribution in [3.8, 4) is 0 Å². The number of halogens is 4. The second-order valence-electron chi connectivity index (χ2n) is 5.41. The van der Waals surface area contributed by atoms with Gasteiger partial charge in [-0.25, -0.2) is 13.2 Å². The van der Waals surface area contributed by atoms with E-state index in [-0.39, 0.29) is 24.8 Å². The number of benzene rings is 1. The third-order valence-corrected chi connectivity index (χ3v) is 8.34. The van der Waals surface area contributed by atoms with E-state index in [0.717, 1.165) is 24.3 Å². The van der Waals surface area contributed by atoms with Gasteiger partial charge in [0.1, 0.15) is 0 Å². The number of ether oxygens (including phenoxy) is 1. The molecule has 0 spiro atoms. The van der Waals surface area contributed by atoms with Crippen LogP contribution in [0.1, 0.15) is 20.8 Å². The zero-order valence-corrected chi connectivity index (χ0v) is 19.1. The number of hydrogen-bond acceptors (Lipinski definition) is 8. The molecule has 0 aliphatic carbocycles. The molecule has 172 valence electrons. The van der Waals surface area contributed by atoms with Gasteiger partial charge in [0.15, 0.2) is 0 Å². The molecular formula is C16H22ClF3NO7PS. The average molecular weight is 496 g/mol. The summed E-state index contributed by atoms with van der Waals surface area (Å²) in [6.45, 7) is 3.57. The van der Waals surface area contributed by atoms with Gasteiger partial charge in [0.2, 0.25) is 9.84 Å². The summed E-state index contributed by atoms with van der Waals surface area (Å²) in [6, 6.07) is 3.75. The lowest BCUT2D eigenvalue weighted by Crippen LogP contribution is -2.57. The highest BCUT2D eigenvalue weighted by atomic mass is 35.5. The molecule has 1 aromatic carbocycles. The number of hydrogen-bond donors (Lipinski definition) is 0. The number of rotatable bonds is 10. The zero-order valence-electron chi connectivity index (χ0n) is 16.6. The van der Waals surface area contributed by atoms with E-state index in [1.807, 2.05) is 0 Å². The molecule has 30 heavy (non-hydrogen) atoms. The number of esters is 1. The molecule has 0 amide bonds. The van der Waals surface area contributed by atoms with Crippen LogP contribution in [0.3, 0.4) is 0 Å². The summed E-state index contributed by atoms with van der Waals surface area (Å²) < 4.78 is 92.8. The topological polar surface area (TPSA) is 100 Å². The Balaban J connectivity index is 4.12. The van der Waals surface area contributed by atoms with Crippen molar-refractivity contribution in [2.24, 2.45) is 4.74 Å². The Hall–Kier alpha value is -1.17. The fourth-order valence-corrected chi connectivity index (χ4v) is 6.53. The van der Waals surface area contributed by atoms with Crippen LogP contribution in [0.25, 0.3) is 0 Å². The maximum absolute atomic E-state index is 14.4. The molecule has 0 fully saturated rings. The molecule has 8 nitrogen and oxygen atoms in total. The number of sulfone groups is 1. The number of carbonyl (C=O) groups is 1. The molecular weight excluding hydrogens is 474 g/mol. The van der Waals surface area contributed by atoms with Crippen LogP contribution in [0.2, 0.25) is 5.02 Å². The van der Waals surface area contributed by atoms with E-state index in [4.69, 9.17) is 25.2 Å². The first kappa shape index (κ1) is 26.9. The standard InChI is InChI=1S/C16H22ClF3NO7PS/c1-5-26-29(27-6-2,28-7-3)21-15(14(22)25-4,16(18,19)20)30(23,24)13-10-8-12(17)9-11-13/h8-11H,5-7H2,1-4H3. The van der Waals surface area contributed by atoms with Crippen LogP contribution < -0.4 is 0 Å². The summed E-state index contributed by atoms with van der Waals surface area (Å²) in [7, 11) is -9.27. The molecule has 14 heteroatoms. The van der Waals surface area contributed by atoms with E-state index in [1.165, 1.54) is 20.8 Å². The first-order valence-electron chi connectivity index (χ1n) is 8.59. The summed E-state index contributed by atoms with van der Waals surface area (Å²) in [6.07, 6.45) is -5.75.